The van der Waals surface area contributed by atoms with E-state index in [0.717, 1.165) is 28.0 Å². The number of hydrogen-bond acceptors (Lipinski definition) is 7. The molecule has 0 spiro atoms. The first-order valence-electron chi connectivity index (χ1n) is 9.41. The maximum absolute atomic E-state index is 13.6. The number of aryl methyl sites for hydroxylation is 1. The monoisotopic (exact) mass is 514 g/mol. The number of thiazole rings is 1. The Balaban J connectivity index is 1.54. The lowest BCUT2D eigenvalue weighted by Crippen LogP contribution is -2.36. The topological polar surface area (TPSA) is 95.2 Å². The molecule has 0 unspecified atom stereocenters. The van der Waals surface area contributed by atoms with Crippen LogP contribution in [0.4, 0.5) is 22.7 Å². The van der Waals surface area contributed by atoms with Crippen molar-refractivity contribution in [3.05, 3.63) is 61.2 Å². The van der Waals surface area contributed by atoms with E-state index in [9.17, 15) is 31.9 Å². The Morgan fingerprint density at radius 3 is 2.59 bits per heavy atom. The highest BCUT2D eigenvalue weighted by atomic mass is 32.1. The molecule has 1 amide bonds. The Morgan fingerprint density at radius 2 is 1.88 bits per heavy atom. The van der Waals surface area contributed by atoms with Gasteiger partial charge in [-0.3, -0.25) is 18.7 Å². The van der Waals surface area contributed by atoms with Gasteiger partial charge < -0.3 is 10.1 Å². The van der Waals surface area contributed by atoms with Crippen LogP contribution in [-0.4, -0.2) is 26.4 Å². The van der Waals surface area contributed by atoms with Gasteiger partial charge in [0.25, 0.3) is 5.56 Å². The SMILES string of the molecule is Cn1c(=O)c2c(CC(=O)Nc3nc(-c4ccc(F)c(OC(F)(F)F)c4)cs3)csc2n(C)c1=O. The van der Waals surface area contributed by atoms with Gasteiger partial charge in [0.2, 0.25) is 5.91 Å². The van der Waals surface area contributed by atoms with E-state index < -0.39 is 35.1 Å². The molecular formula is C20H14F4N4O4S2. The third kappa shape index (κ3) is 4.59. The molecule has 0 aliphatic carbocycles. The largest absolute Gasteiger partial charge is 0.573 e. The van der Waals surface area contributed by atoms with Crippen molar-refractivity contribution in [2.75, 3.05) is 5.32 Å². The second kappa shape index (κ2) is 8.68. The zero-order valence-electron chi connectivity index (χ0n) is 17.4. The molecule has 0 saturated carbocycles. The van der Waals surface area contributed by atoms with Gasteiger partial charge in [0.05, 0.1) is 17.5 Å². The molecular weight excluding hydrogens is 500 g/mol. The fourth-order valence-electron chi connectivity index (χ4n) is 3.22. The molecule has 3 heterocycles. The van der Waals surface area contributed by atoms with Crippen molar-refractivity contribution in [3.8, 4) is 17.0 Å². The van der Waals surface area contributed by atoms with Gasteiger partial charge in [-0.2, -0.15) is 0 Å². The van der Waals surface area contributed by atoms with E-state index in [1.807, 2.05) is 0 Å². The molecule has 34 heavy (non-hydrogen) atoms. The molecule has 3 aromatic heterocycles. The number of thiophene rings is 1. The van der Waals surface area contributed by atoms with Crippen molar-refractivity contribution in [2.45, 2.75) is 12.8 Å². The van der Waals surface area contributed by atoms with Crippen molar-refractivity contribution < 1.29 is 27.1 Å². The summed E-state index contributed by atoms with van der Waals surface area (Å²) in [5.41, 5.74) is -0.178. The molecule has 0 aliphatic heterocycles. The molecule has 14 heteroatoms. The third-order valence-electron chi connectivity index (χ3n) is 4.80. The minimum Gasteiger partial charge on any atom is -0.403 e. The van der Waals surface area contributed by atoms with Crippen LogP contribution in [0.2, 0.25) is 0 Å². The van der Waals surface area contributed by atoms with Gasteiger partial charge in [0.1, 0.15) is 4.83 Å². The lowest BCUT2D eigenvalue weighted by molar-refractivity contribution is -0.275. The van der Waals surface area contributed by atoms with Gasteiger partial charge in [-0.1, -0.05) is 0 Å². The second-order valence-electron chi connectivity index (χ2n) is 7.10. The van der Waals surface area contributed by atoms with Crippen LogP contribution in [0.15, 0.2) is 38.5 Å². The quantitative estimate of drug-likeness (QED) is 0.411. The van der Waals surface area contributed by atoms with E-state index in [1.165, 1.54) is 41.4 Å². The molecule has 4 aromatic rings. The fraction of sp³-hybridized carbons (Fsp3) is 0.200. The van der Waals surface area contributed by atoms with E-state index in [-0.39, 0.29) is 28.2 Å². The number of nitrogens with zero attached hydrogens (tertiary/aromatic N) is 3. The normalized spacial score (nSPS) is 11.7. The number of hydrogen-bond donors (Lipinski definition) is 1. The maximum Gasteiger partial charge on any atom is 0.573 e. The predicted octanol–water partition coefficient (Wildman–Crippen LogP) is 3.64. The minimum atomic E-state index is -5.06. The number of amides is 1. The molecule has 8 nitrogen and oxygen atoms in total. The summed E-state index contributed by atoms with van der Waals surface area (Å²) in [4.78, 5) is 41.8. The predicted molar refractivity (Wildman–Crippen MR) is 119 cm³/mol. The van der Waals surface area contributed by atoms with Gasteiger partial charge in [-0.15, -0.1) is 35.8 Å². The Bertz CT molecular complexity index is 1530. The number of benzene rings is 1. The zero-order chi connectivity index (χ0) is 24.8. The number of halogens is 4. The Kier molecular flexibility index (Phi) is 6.03. The highest BCUT2D eigenvalue weighted by molar-refractivity contribution is 7.17. The van der Waals surface area contributed by atoms with E-state index in [2.05, 4.69) is 15.0 Å². The van der Waals surface area contributed by atoms with Crippen molar-refractivity contribution in [1.29, 1.82) is 0 Å². The van der Waals surface area contributed by atoms with Crippen LogP contribution in [0.25, 0.3) is 21.5 Å². The smallest absolute Gasteiger partial charge is 0.403 e. The van der Waals surface area contributed by atoms with Crippen molar-refractivity contribution in [3.63, 3.8) is 0 Å². The first kappa shape index (κ1) is 23.6. The number of alkyl halides is 3. The highest BCUT2D eigenvalue weighted by Gasteiger charge is 2.32. The van der Waals surface area contributed by atoms with Crippen LogP contribution >= 0.6 is 22.7 Å². The summed E-state index contributed by atoms with van der Waals surface area (Å²) in [5, 5.41) is 6.10. The van der Waals surface area contributed by atoms with E-state index >= 15 is 0 Å². The summed E-state index contributed by atoms with van der Waals surface area (Å²) in [5.74, 6) is -2.67. The van der Waals surface area contributed by atoms with Crippen molar-refractivity contribution >= 4 is 43.9 Å². The molecule has 178 valence electrons. The van der Waals surface area contributed by atoms with Gasteiger partial charge in [-0.05, 0) is 29.1 Å². The van der Waals surface area contributed by atoms with Gasteiger partial charge >= 0.3 is 12.1 Å². The van der Waals surface area contributed by atoms with Crippen LogP contribution in [0, 0.1) is 5.82 Å². The molecule has 0 bridgehead atoms. The first-order valence-corrected chi connectivity index (χ1v) is 11.2. The number of anilines is 1. The van der Waals surface area contributed by atoms with Crippen LogP contribution < -0.4 is 21.3 Å². The number of rotatable bonds is 5. The molecule has 1 aromatic carbocycles. The molecule has 0 atom stereocenters. The third-order valence-corrected chi connectivity index (χ3v) is 6.66. The molecule has 1 N–H and O–H groups in total. The van der Waals surface area contributed by atoms with E-state index in [4.69, 9.17) is 0 Å². The molecule has 0 fully saturated rings. The average Bonchev–Trinajstić information content (AvgIpc) is 3.38. The van der Waals surface area contributed by atoms with Gasteiger partial charge in [0.15, 0.2) is 16.7 Å². The van der Waals surface area contributed by atoms with Crippen LogP contribution in [0.3, 0.4) is 0 Å². The Labute approximate surface area is 195 Å². The minimum absolute atomic E-state index is 0.155. The van der Waals surface area contributed by atoms with Crippen LogP contribution in [0.1, 0.15) is 5.56 Å². The van der Waals surface area contributed by atoms with Gasteiger partial charge in [-0.25, -0.2) is 14.2 Å². The Hall–Kier alpha value is -3.52. The number of nitrogens with one attached hydrogen (secondary N) is 1. The molecule has 0 radical (unpaired) electrons. The summed E-state index contributed by atoms with van der Waals surface area (Å²) < 4.78 is 57.0. The lowest BCUT2D eigenvalue weighted by Gasteiger charge is -2.10. The van der Waals surface area contributed by atoms with Crippen LogP contribution in [0.5, 0.6) is 5.75 Å². The molecule has 4 rings (SSSR count). The number of ether oxygens (including phenoxy) is 1. The zero-order valence-corrected chi connectivity index (χ0v) is 19.0. The number of fused-ring (bicyclic) bond motifs is 1. The summed E-state index contributed by atoms with van der Waals surface area (Å²) in [6.45, 7) is 0. The molecule has 0 saturated heterocycles. The first-order chi connectivity index (χ1) is 15.9. The summed E-state index contributed by atoms with van der Waals surface area (Å²) in [6.07, 6.45) is -5.22. The maximum atomic E-state index is 13.6. The summed E-state index contributed by atoms with van der Waals surface area (Å²) in [6, 6.07) is 2.92. The van der Waals surface area contributed by atoms with Crippen molar-refractivity contribution in [2.24, 2.45) is 14.1 Å². The lowest BCUT2D eigenvalue weighted by atomic mass is 10.1. The van der Waals surface area contributed by atoms with Crippen molar-refractivity contribution in [1.82, 2.24) is 14.1 Å². The molecule has 0 aliphatic rings. The number of aromatic nitrogens is 3. The summed E-state index contributed by atoms with van der Waals surface area (Å²) in [7, 11) is 2.88. The Morgan fingerprint density at radius 1 is 1.15 bits per heavy atom. The standard InChI is InChI=1S/C20H14F4N4O4S2/c1-27-16(30)15-10(7-33-17(15)28(2)19(27)31)6-14(29)26-18-25-12(8-34-18)9-3-4-11(21)13(5-9)32-20(22,23)24/h3-5,7-8H,6H2,1-2H3,(H,25,26,29). The highest BCUT2D eigenvalue weighted by Crippen LogP contribution is 2.32. The fourth-order valence-corrected chi connectivity index (χ4v) is 4.98. The summed E-state index contributed by atoms with van der Waals surface area (Å²) >= 11 is 2.18. The average molecular weight is 514 g/mol. The number of carbonyl (C=O) groups is 1. The van der Waals surface area contributed by atoms with Crippen LogP contribution in [-0.2, 0) is 25.3 Å². The van der Waals surface area contributed by atoms with E-state index in [0.29, 0.717) is 10.4 Å². The van der Waals surface area contributed by atoms with E-state index in [1.54, 1.807) is 5.38 Å². The number of carbonyl (C=O) groups excluding carboxylic acids is 1. The second-order valence-corrected chi connectivity index (χ2v) is 8.82. The van der Waals surface area contributed by atoms with Gasteiger partial charge in [0, 0.05) is 25.0 Å².